The van der Waals surface area contributed by atoms with Crippen LogP contribution in [0, 0.1) is 0 Å². The molecule has 0 N–H and O–H groups in total. The van der Waals surface area contributed by atoms with Crippen LogP contribution in [0.25, 0.3) is 17.2 Å². The number of hydrogen-bond donors (Lipinski definition) is 0. The maximum atomic E-state index is 13.1. The summed E-state index contributed by atoms with van der Waals surface area (Å²) in [5.41, 5.74) is -0.289. The minimum absolute atomic E-state index is 0.306. The molecule has 158 valence electrons. The molecule has 2 aliphatic rings. The Morgan fingerprint density at radius 2 is 1.87 bits per heavy atom. The van der Waals surface area contributed by atoms with Gasteiger partial charge in [0.15, 0.2) is 17.2 Å². The summed E-state index contributed by atoms with van der Waals surface area (Å²) in [6.45, 7) is 5.11. The standard InChI is InChI=1S/C19H20F3N7O/c20-19(21,22)15-12-29-14(9-25-17(29)10-24-15)18-23-3-1-16(26-18)28-4-2-13(11-28)27-5-7-30-8-6-27/h1,3,9-10,12-13H,2,4-8,11H2. The molecule has 11 heteroatoms. The normalized spacial score (nSPS) is 20.9. The first-order chi connectivity index (χ1) is 14.5. The maximum Gasteiger partial charge on any atom is 0.434 e. The monoisotopic (exact) mass is 419 g/mol. The van der Waals surface area contributed by atoms with Gasteiger partial charge in [-0.1, -0.05) is 0 Å². The first kappa shape index (κ1) is 19.2. The van der Waals surface area contributed by atoms with E-state index in [4.69, 9.17) is 4.74 Å². The zero-order chi connectivity index (χ0) is 20.7. The molecule has 0 saturated carbocycles. The molecule has 0 spiro atoms. The minimum Gasteiger partial charge on any atom is -0.379 e. The molecule has 5 rings (SSSR count). The van der Waals surface area contributed by atoms with Crippen LogP contribution in [0.4, 0.5) is 19.0 Å². The molecule has 0 radical (unpaired) electrons. The quantitative estimate of drug-likeness (QED) is 0.644. The van der Waals surface area contributed by atoms with Crippen molar-refractivity contribution in [3.63, 3.8) is 0 Å². The van der Waals surface area contributed by atoms with Gasteiger partial charge in [0.05, 0.1) is 25.6 Å². The minimum atomic E-state index is -4.54. The Morgan fingerprint density at radius 1 is 1.03 bits per heavy atom. The Balaban J connectivity index is 1.41. The second-order valence-electron chi connectivity index (χ2n) is 7.42. The topological polar surface area (TPSA) is 71.7 Å². The van der Waals surface area contributed by atoms with Crippen molar-refractivity contribution in [1.29, 1.82) is 0 Å². The highest BCUT2D eigenvalue weighted by Crippen LogP contribution is 2.29. The van der Waals surface area contributed by atoms with Crippen LogP contribution in [0.5, 0.6) is 0 Å². The third-order valence-corrected chi connectivity index (χ3v) is 5.61. The van der Waals surface area contributed by atoms with E-state index in [1.165, 1.54) is 10.6 Å². The molecule has 0 aromatic carbocycles. The number of nitrogens with zero attached hydrogens (tertiary/aromatic N) is 7. The molecule has 1 unspecified atom stereocenters. The summed E-state index contributed by atoms with van der Waals surface area (Å²) < 4.78 is 46.0. The van der Waals surface area contributed by atoms with Crippen LogP contribution in [0.2, 0.25) is 0 Å². The summed E-state index contributed by atoms with van der Waals surface area (Å²) >= 11 is 0. The van der Waals surface area contributed by atoms with E-state index in [1.807, 2.05) is 6.07 Å². The molecule has 8 nitrogen and oxygen atoms in total. The fraction of sp³-hybridized carbons (Fsp3) is 0.474. The molecular formula is C19H20F3N7O. The lowest BCUT2D eigenvalue weighted by Crippen LogP contribution is -2.44. The number of aromatic nitrogens is 5. The lowest BCUT2D eigenvalue weighted by molar-refractivity contribution is -0.141. The van der Waals surface area contributed by atoms with Crippen LogP contribution in [0.3, 0.4) is 0 Å². The van der Waals surface area contributed by atoms with Gasteiger partial charge in [-0.05, 0) is 12.5 Å². The zero-order valence-electron chi connectivity index (χ0n) is 16.1. The van der Waals surface area contributed by atoms with Crippen LogP contribution >= 0.6 is 0 Å². The SMILES string of the molecule is FC(F)(F)c1cn2c(-c3nccc(N4CCC(N5CCOCC5)C4)n3)cnc2cn1. The van der Waals surface area contributed by atoms with Crippen LogP contribution in [-0.2, 0) is 10.9 Å². The number of fused-ring (bicyclic) bond motifs is 1. The predicted molar refractivity (Wildman–Crippen MR) is 102 cm³/mol. The molecule has 2 saturated heterocycles. The Labute approximate surface area is 170 Å². The third-order valence-electron chi connectivity index (χ3n) is 5.61. The van der Waals surface area contributed by atoms with Crippen molar-refractivity contribution in [3.8, 4) is 11.5 Å². The smallest absolute Gasteiger partial charge is 0.379 e. The van der Waals surface area contributed by atoms with E-state index in [-0.39, 0.29) is 0 Å². The molecule has 0 aliphatic carbocycles. The van der Waals surface area contributed by atoms with E-state index in [2.05, 4.69) is 29.7 Å². The molecule has 2 aliphatic heterocycles. The molecule has 30 heavy (non-hydrogen) atoms. The Bertz CT molecular complexity index is 1050. The molecule has 1 atom stereocenters. The second kappa shape index (κ2) is 7.47. The Hall–Kier alpha value is -2.79. The number of anilines is 1. The largest absolute Gasteiger partial charge is 0.434 e. The highest BCUT2D eigenvalue weighted by atomic mass is 19.4. The zero-order valence-corrected chi connectivity index (χ0v) is 16.1. The molecule has 5 heterocycles. The molecule has 3 aromatic heterocycles. The van der Waals surface area contributed by atoms with Gasteiger partial charge >= 0.3 is 6.18 Å². The van der Waals surface area contributed by atoms with Crippen molar-refractivity contribution in [2.75, 3.05) is 44.3 Å². The van der Waals surface area contributed by atoms with E-state index < -0.39 is 11.9 Å². The van der Waals surface area contributed by atoms with Crippen molar-refractivity contribution >= 4 is 11.5 Å². The fourth-order valence-electron chi connectivity index (χ4n) is 4.04. The lowest BCUT2D eigenvalue weighted by atomic mass is 10.2. The van der Waals surface area contributed by atoms with Crippen LogP contribution < -0.4 is 4.90 Å². The lowest BCUT2D eigenvalue weighted by Gasteiger charge is -2.32. The van der Waals surface area contributed by atoms with E-state index in [1.54, 1.807) is 6.20 Å². The summed E-state index contributed by atoms with van der Waals surface area (Å²) in [7, 11) is 0. The number of rotatable bonds is 3. The van der Waals surface area contributed by atoms with E-state index in [9.17, 15) is 13.2 Å². The van der Waals surface area contributed by atoms with Gasteiger partial charge in [0.2, 0.25) is 0 Å². The van der Waals surface area contributed by atoms with Crippen LogP contribution in [0.1, 0.15) is 12.1 Å². The average molecular weight is 419 g/mol. The summed E-state index contributed by atoms with van der Waals surface area (Å²) in [5.74, 6) is 1.09. The van der Waals surface area contributed by atoms with E-state index in [0.29, 0.717) is 23.2 Å². The van der Waals surface area contributed by atoms with Gasteiger partial charge in [0, 0.05) is 44.6 Å². The first-order valence-electron chi connectivity index (χ1n) is 9.79. The first-order valence-corrected chi connectivity index (χ1v) is 9.79. The van der Waals surface area contributed by atoms with Crippen molar-refractivity contribution < 1.29 is 17.9 Å². The number of hydrogen-bond acceptors (Lipinski definition) is 7. The highest BCUT2D eigenvalue weighted by molar-refractivity contribution is 5.58. The Kier molecular flexibility index (Phi) is 4.78. The molecule has 0 bridgehead atoms. The Morgan fingerprint density at radius 3 is 2.67 bits per heavy atom. The van der Waals surface area contributed by atoms with E-state index in [0.717, 1.165) is 64.0 Å². The van der Waals surface area contributed by atoms with Gasteiger partial charge in [-0.2, -0.15) is 13.2 Å². The highest BCUT2D eigenvalue weighted by Gasteiger charge is 2.33. The van der Waals surface area contributed by atoms with Gasteiger partial charge in [0.25, 0.3) is 0 Å². The van der Waals surface area contributed by atoms with Gasteiger partial charge < -0.3 is 9.64 Å². The fourth-order valence-corrected chi connectivity index (χ4v) is 4.04. The van der Waals surface area contributed by atoms with E-state index >= 15 is 0 Å². The number of imidazole rings is 1. The van der Waals surface area contributed by atoms with Crippen LogP contribution in [-0.4, -0.2) is 74.7 Å². The summed E-state index contributed by atoms with van der Waals surface area (Å²) in [6, 6.07) is 2.28. The molecule has 2 fully saturated rings. The third kappa shape index (κ3) is 3.58. The van der Waals surface area contributed by atoms with Gasteiger partial charge in [-0.15, -0.1) is 0 Å². The second-order valence-corrected chi connectivity index (χ2v) is 7.42. The number of halogens is 3. The average Bonchev–Trinajstić information content (AvgIpc) is 3.41. The van der Waals surface area contributed by atoms with Crippen molar-refractivity contribution in [2.45, 2.75) is 18.6 Å². The van der Waals surface area contributed by atoms with Gasteiger partial charge in [-0.3, -0.25) is 9.30 Å². The van der Waals surface area contributed by atoms with Crippen molar-refractivity contribution in [1.82, 2.24) is 29.2 Å². The van der Waals surface area contributed by atoms with Crippen molar-refractivity contribution in [3.05, 3.63) is 36.5 Å². The number of morpholine rings is 1. The predicted octanol–water partition coefficient (Wildman–Crippen LogP) is 2.12. The number of ether oxygens (including phenoxy) is 1. The summed E-state index contributed by atoms with van der Waals surface area (Å²) in [6.07, 6.45) is 1.63. The maximum absolute atomic E-state index is 13.1. The summed E-state index contributed by atoms with van der Waals surface area (Å²) in [5, 5.41) is 0. The van der Waals surface area contributed by atoms with Gasteiger partial charge in [0.1, 0.15) is 11.5 Å². The molecule has 0 amide bonds. The molecule has 3 aromatic rings. The molecular weight excluding hydrogens is 399 g/mol. The van der Waals surface area contributed by atoms with Crippen molar-refractivity contribution in [2.24, 2.45) is 0 Å². The number of alkyl halides is 3. The van der Waals surface area contributed by atoms with Crippen LogP contribution in [0.15, 0.2) is 30.9 Å². The summed E-state index contributed by atoms with van der Waals surface area (Å²) in [4.78, 5) is 21.1. The van der Waals surface area contributed by atoms with Gasteiger partial charge in [-0.25, -0.2) is 19.9 Å².